The highest BCUT2D eigenvalue weighted by Crippen LogP contribution is 2.38. The van der Waals surface area contributed by atoms with Gasteiger partial charge in [-0.3, -0.25) is 4.79 Å². The predicted octanol–water partition coefficient (Wildman–Crippen LogP) is 4.58. The number of fused-ring (bicyclic) bond motifs is 2. The van der Waals surface area contributed by atoms with E-state index in [1.165, 1.54) is 6.07 Å². The average molecular weight is 486 g/mol. The standard InChI is InChI=1S/C27H23N3O4S/c1-17(28)19-8-6-18-7-9-21(15-22(18)14-19)27(31)30-12-13-34-25-16-20(10-11-24(25)30)23-4-2-3-5-26(23)35(29,32)33/h2-11,14-16,28H,12-13H2,1H3,(H2,29,32,33). The van der Waals surface area contributed by atoms with E-state index in [-0.39, 0.29) is 10.8 Å². The number of anilines is 1. The van der Waals surface area contributed by atoms with Crippen LogP contribution >= 0.6 is 0 Å². The number of primary sulfonamides is 1. The summed E-state index contributed by atoms with van der Waals surface area (Å²) >= 11 is 0. The van der Waals surface area contributed by atoms with Gasteiger partial charge in [0.15, 0.2) is 0 Å². The van der Waals surface area contributed by atoms with Crippen LogP contribution in [0.1, 0.15) is 22.8 Å². The van der Waals surface area contributed by atoms with Gasteiger partial charge >= 0.3 is 0 Å². The maximum Gasteiger partial charge on any atom is 0.258 e. The molecule has 3 N–H and O–H groups in total. The second-order valence-corrected chi connectivity index (χ2v) is 9.96. The minimum atomic E-state index is -3.91. The molecule has 0 bridgehead atoms. The highest BCUT2D eigenvalue weighted by Gasteiger charge is 2.26. The van der Waals surface area contributed by atoms with Gasteiger partial charge in [-0.1, -0.05) is 42.5 Å². The lowest BCUT2D eigenvalue weighted by atomic mass is 10.0. The van der Waals surface area contributed by atoms with E-state index < -0.39 is 10.0 Å². The molecule has 0 saturated carbocycles. The van der Waals surface area contributed by atoms with Crippen molar-refractivity contribution in [3.63, 3.8) is 0 Å². The number of nitrogens with two attached hydrogens (primary N) is 1. The lowest BCUT2D eigenvalue weighted by molar-refractivity contribution is 0.0976. The second kappa shape index (κ2) is 8.65. The van der Waals surface area contributed by atoms with Crippen molar-refractivity contribution >= 4 is 38.1 Å². The molecule has 0 saturated heterocycles. The summed E-state index contributed by atoms with van der Waals surface area (Å²) in [6, 6.07) is 23.1. The van der Waals surface area contributed by atoms with Gasteiger partial charge < -0.3 is 15.0 Å². The molecule has 7 nitrogen and oxygen atoms in total. The monoisotopic (exact) mass is 485 g/mol. The number of nitrogens with one attached hydrogen (secondary N) is 1. The van der Waals surface area contributed by atoms with Gasteiger partial charge in [-0.2, -0.15) is 0 Å². The normalized spacial score (nSPS) is 13.3. The fourth-order valence-electron chi connectivity index (χ4n) is 4.32. The molecule has 1 heterocycles. The molecule has 1 aliphatic rings. The Balaban J connectivity index is 1.52. The van der Waals surface area contributed by atoms with E-state index in [1.54, 1.807) is 54.3 Å². The number of ether oxygens (including phenoxy) is 1. The molecule has 1 aliphatic heterocycles. The van der Waals surface area contributed by atoms with Crippen molar-refractivity contribution in [2.75, 3.05) is 18.1 Å². The fraction of sp³-hybridized carbons (Fsp3) is 0.111. The molecule has 1 amide bonds. The highest BCUT2D eigenvalue weighted by atomic mass is 32.2. The Morgan fingerprint density at radius 3 is 2.40 bits per heavy atom. The maximum atomic E-state index is 13.5. The van der Waals surface area contributed by atoms with E-state index in [9.17, 15) is 13.2 Å². The number of carbonyl (C=O) groups is 1. The Bertz CT molecular complexity index is 1610. The molecular formula is C27H23N3O4S. The largest absolute Gasteiger partial charge is 0.490 e. The quantitative estimate of drug-likeness (QED) is 0.412. The summed E-state index contributed by atoms with van der Waals surface area (Å²) in [4.78, 5) is 15.2. The third-order valence-electron chi connectivity index (χ3n) is 6.09. The second-order valence-electron chi connectivity index (χ2n) is 8.43. The molecule has 4 aromatic carbocycles. The summed E-state index contributed by atoms with van der Waals surface area (Å²) in [5, 5.41) is 15.2. The van der Waals surface area contributed by atoms with Crippen LogP contribution in [0.5, 0.6) is 5.75 Å². The van der Waals surface area contributed by atoms with E-state index >= 15 is 0 Å². The molecule has 35 heavy (non-hydrogen) atoms. The minimum absolute atomic E-state index is 0.0272. The number of nitrogens with zero attached hydrogens (tertiary/aromatic N) is 1. The number of rotatable bonds is 4. The van der Waals surface area contributed by atoms with Crippen molar-refractivity contribution in [1.29, 1.82) is 5.41 Å². The van der Waals surface area contributed by atoms with Crippen LogP contribution in [0.3, 0.4) is 0 Å². The van der Waals surface area contributed by atoms with E-state index in [2.05, 4.69) is 0 Å². The topological polar surface area (TPSA) is 114 Å². The number of sulfonamides is 1. The first-order chi connectivity index (χ1) is 16.7. The van der Waals surface area contributed by atoms with Crippen molar-refractivity contribution in [3.8, 4) is 16.9 Å². The van der Waals surface area contributed by atoms with E-state index in [0.717, 1.165) is 16.3 Å². The summed E-state index contributed by atoms with van der Waals surface area (Å²) in [6.07, 6.45) is 0. The van der Waals surface area contributed by atoms with Crippen LogP contribution in [0.25, 0.3) is 21.9 Å². The molecule has 0 aliphatic carbocycles. The molecule has 176 valence electrons. The number of amides is 1. The molecule has 0 unspecified atom stereocenters. The Morgan fingerprint density at radius 2 is 1.66 bits per heavy atom. The number of benzene rings is 4. The van der Waals surface area contributed by atoms with Gasteiger partial charge in [0.2, 0.25) is 10.0 Å². The van der Waals surface area contributed by atoms with Crippen molar-refractivity contribution in [2.45, 2.75) is 11.8 Å². The molecule has 8 heteroatoms. The summed E-state index contributed by atoms with van der Waals surface area (Å²) in [7, 11) is -3.91. The molecular weight excluding hydrogens is 462 g/mol. The molecule has 0 spiro atoms. The van der Waals surface area contributed by atoms with Gasteiger partial charge in [0, 0.05) is 16.8 Å². The Labute approximate surface area is 203 Å². The van der Waals surface area contributed by atoms with Crippen molar-refractivity contribution < 1.29 is 17.9 Å². The summed E-state index contributed by atoms with van der Waals surface area (Å²) in [6.45, 7) is 2.43. The SMILES string of the molecule is CC(=N)c1ccc2ccc(C(=O)N3CCOc4cc(-c5ccccc5S(N)(=O)=O)ccc43)cc2c1. The molecule has 0 atom stereocenters. The van der Waals surface area contributed by atoms with Gasteiger partial charge in [0.1, 0.15) is 12.4 Å². The molecule has 0 aromatic heterocycles. The third-order valence-corrected chi connectivity index (χ3v) is 7.06. The Hall–Kier alpha value is -4.01. The van der Waals surface area contributed by atoms with Gasteiger partial charge in [0.05, 0.1) is 17.1 Å². The highest BCUT2D eigenvalue weighted by molar-refractivity contribution is 7.89. The van der Waals surface area contributed by atoms with Crippen molar-refractivity contribution in [3.05, 3.63) is 90.0 Å². The number of hydrogen-bond acceptors (Lipinski definition) is 5. The van der Waals surface area contributed by atoms with Gasteiger partial charge in [-0.15, -0.1) is 0 Å². The van der Waals surface area contributed by atoms with Crippen LogP contribution in [0, 0.1) is 5.41 Å². The number of carbonyl (C=O) groups excluding carboxylic acids is 1. The van der Waals surface area contributed by atoms with Gasteiger partial charge in [-0.25, -0.2) is 13.6 Å². The number of hydrogen-bond donors (Lipinski definition) is 2. The van der Waals surface area contributed by atoms with Crippen LogP contribution in [-0.2, 0) is 10.0 Å². The smallest absolute Gasteiger partial charge is 0.258 e. The van der Waals surface area contributed by atoms with Crippen molar-refractivity contribution in [2.24, 2.45) is 5.14 Å². The minimum Gasteiger partial charge on any atom is -0.490 e. The van der Waals surface area contributed by atoms with E-state index in [0.29, 0.717) is 47.0 Å². The molecule has 0 fully saturated rings. The first-order valence-corrected chi connectivity index (χ1v) is 12.6. The van der Waals surface area contributed by atoms with Crippen LogP contribution in [0.15, 0.2) is 83.8 Å². The summed E-state index contributed by atoms with van der Waals surface area (Å²) in [5.41, 5.74) is 3.52. The average Bonchev–Trinajstić information content (AvgIpc) is 2.86. The lowest BCUT2D eigenvalue weighted by Gasteiger charge is -2.30. The van der Waals surface area contributed by atoms with Crippen LogP contribution < -0.4 is 14.8 Å². The zero-order valence-electron chi connectivity index (χ0n) is 19.0. The zero-order chi connectivity index (χ0) is 24.7. The first kappa shape index (κ1) is 22.8. The van der Waals surface area contributed by atoms with Gasteiger partial charge in [0.25, 0.3) is 5.91 Å². The van der Waals surface area contributed by atoms with Gasteiger partial charge in [-0.05, 0) is 65.2 Å². The van der Waals surface area contributed by atoms with Crippen LogP contribution in [0.4, 0.5) is 5.69 Å². The van der Waals surface area contributed by atoms with E-state index in [1.807, 2.05) is 30.3 Å². The zero-order valence-corrected chi connectivity index (χ0v) is 19.8. The first-order valence-electron chi connectivity index (χ1n) is 11.0. The summed E-state index contributed by atoms with van der Waals surface area (Å²) in [5.74, 6) is 0.333. The van der Waals surface area contributed by atoms with Crippen molar-refractivity contribution in [1.82, 2.24) is 0 Å². The molecule has 0 radical (unpaired) electrons. The molecule has 5 rings (SSSR count). The fourth-order valence-corrected chi connectivity index (χ4v) is 5.08. The van der Waals surface area contributed by atoms with E-state index in [4.69, 9.17) is 15.3 Å². The van der Waals surface area contributed by atoms with Crippen LogP contribution in [0.2, 0.25) is 0 Å². The lowest BCUT2D eigenvalue weighted by Crippen LogP contribution is -2.37. The molecule has 4 aromatic rings. The summed E-state index contributed by atoms with van der Waals surface area (Å²) < 4.78 is 29.9. The Morgan fingerprint density at radius 1 is 0.943 bits per heavy atom. The maximum absolute atomic E-state index is 13.5. The Kier molecular flexibility index (Phi) is 5.62. The van der Waals surface area contributed by atoms with Crippen LogP contribution in [-0.4, -0.2) is 33.2 Å². The predicted molar refractivity (Wildman–Crippen MR) is 137 cm³/mol. The third kappa shape index (κ3) is 4.29.